The topological polar surface area (TPSA) is 37.2 Å². The first-order chi connectivity index (χ1) is 8.65. The number of hydrogen-bond donors (Lipinski definition) is 2. The second-order valence-electron chi connectivity index (χ2n) is 4.74. The zero-order valence-corrected chi connectivity index (χ0v) is 10.9. The van der Waals surface area contributed by atoms with Crippen LogP contribution in [0.3, 0.4) is 0 Å². The Morgan fingerprint density at radius 2 is 1.94 bits per heavy atom. The third-order valence-electron chi connectivity index (χ3n) is 3.02. The minimum Gasteiger partial charge on any atom is -0.387 e. The second kappa shape index (κ2) is 5.85. The average Bonchev–Trinajstić information content (AvgIpc) is 2.76. The third-order valence-corrected chi connectivity index (χ3v) is 3.02. The molecule has 2 N–H and O–H groups in total. The van der Waals surface area contributed by atoms with E-state index in [4.69, 9.17) is 0 Å². The Morgan fingerprint density at radius 1 is 1.22 bits per heavy atom. The molecule has 2 rings (SSSR count). The monoisotopic (exact) mass is 244 g/mol. The zero-order valence-electron chi connectivity index (χ0n) is 10.9. The number of aromatic nitrogens is 1. The Balaban J connectivity index is 1.81. The molecule has 3 heteroatoms. The summed E-state index contributed by atoms with van der Waals surface area (Å²) in [5, 5.41) is 13.3. The van der Waals surface area contributed by atoms with Gasteiger partial charge in [0.15, 0.2) is 0 Å². The lowest BCUT2D eigenvalue weighted by Gasteiger charge is -2.12. The number of nitrogens with one attached hydrogen (secondary N) is 1. The van der Waals surface area contributed by atoms with Crippen molar-refractivity contribution in [1.82, 2.24) is 9.88 Å². The molecule has 18 heavy (non-hydrogen) atoms. The van der Waals surface area contributed by atoms with Crippen molar-refractivity contribution in [3.05, 3.63) is 59.4 Å². The van der Waals surface area contributed by atoms with Crippen LogP contribution in [0.2, 0.25) is 0 Å². The summed E-state index contributed by atoms with van der Waals surface area (Å²) in [7, 11) is 2.00. The van der Waals surface area contributed by atoms with Crippen molar-refractivity contribution >= 4 is 0 Å². The van der Waals surface area contributed by atoms with Gasteiger partial charge in [-0.25, -0.2) is 0 Å². The Bertz CT molecular complexity index is 487. The Morgan fingerprint density at radius 3 is 2.56 bits per heavy atom. The molecule has 0 aliphatic heterocycles. The van der Waals surface area contributed by atoms with Crippen molar-refractivity contribution < 1.29 is 5.11 Å². The van der Waals surface area contributed by atoms with Gasteiger partial charge in [-0.1, -0.05) is 29.8 Å². The minimum absolute atomic E-state index is 0.450. The number of aryl methyl sites for hydroxylation is 2. The van der Waals surface area contributed by atoms with E-state index in [-0.39, 0.29) is 0 Å². The van der Waals surface area contributed by atoms with Crippen LogP contribution in [-0.4, -0.2) is 16.2 Å². The first kappa shape index (κ1) is 12.9. The molecule has 1 atom stereocenters. The molecule has 1 aromatic carbocycles. The van der Waals surface area contributed by atoms with E-state index in [1.807, 2.05) is 49.0 Å². The first-order valence-corrected chi connectivity index (χ1v) is 6.21. The predicted molar refractivity (Wildman–Crippen MR) is 73.3 cm³/mol. The van der Waals surface area contributed by atoms with E-state index in [2.05, 4.69) is 17.6 Å². The average molecular weight is 244 g/mol. The highest BCUT2D eigenvalue weighted by atomic mass is 16.3. The highest BCUT2D eigenvalue weighted by Gasteiger charge is 2.06. The normalized spacial score (nSPS) is 12.6. The molecule has 3 nitrogen and oxygen atoms in total. The Kier molecular flexibility index (Phi) is 4.18. The molecule has 2 aromatic rings. The standard InChI is InChI=1S/C15H20N2O/c1-12-3-5-14(6-4-12)15(18)10-16-9-13-7-8-17(2)11-13/h3-8,11,15-16,18H,9-10H2,1-2H3. The Labute approximate surface area is 108 Å². The molecule has 1 unspecified atom stereocenters. The van der Waals surface area contributed by atoms with Crippen LogP contribution < -0.4 is 5.32 Å². The molecular weight excluding hydrogens is 224 g/mol. The van der Waals surface area contributed by atoms with E-state index in [0.29, 0.717) is 6.54 Å². The number of aliphatic hydroxyl groups is 1. The third kappa shape index (κ3) is 3.45. The largest absolute Gasteiger partial charge is 0.387 e. The first-order valence-electron chi connectivity index (χ1n) is 6.21. The summed E-state index contributed by atoms with van der Waals surface area (Å²) in [6.07, 6.45) is 3.65. The summed E-state index contributed by atoms with van der Waals surface area (Å²) in [5.74, 6) is 0. The van der Waals surface area contributed by atoms with Crippen molar-refractivity contribution in [2.75, 3.05) is 6.54 Å². The molecule has 0 spiro atoms. The number of benzene rings is 1. The quantitative estimate of drug-likeness (QED) is 0.845. The number of nitrogens with zero attached hydrogens (tertiary/aromatic N) is 1. The molecule has 1 heterocycles. The van der Waals surface area contributed by atoms with Gasteiger partial charge in [0.25, 0.3) is 0 Å². The molecule has 96 valence electrons. The molecule has 0 fully saturated rings. The van der Waals surface area contributed by atoms with E-state index in [1.54, 1.807) is 0 Å². The van der Waals surface area contributed by atoms with Crippen LogP contribution in [0.4, 0.5) is 0 Å². The van der Waals surface area contributed by atoms with Crippen molar-refractivity contribution in [2.24, 2.45) is 7.05 Å². The van der Waals surface area contributed by atoms with Crippen LogP contribution in [0.5, 0.6) is 0 Å². The summed E-state index contributed by atoms with van der Waals surface area (Å²) in [5.41, 5.74) is 3.40. The maximum atomic E-state index is 10.0. The summed E-state index contributed by atoms with van der Waals surface area (Å²) in [6, 6.07) is 10.1. The smallest absolute Gasteiger partial charge is 0.0914 e. The minimum atomic E-state index is -0.450. The van der Waals surface area contributed by atoms with E-state index < -0.39 is 6.10 Å². The zero-order chi connectivity index (χ0) is 13.0. The molecule has 0 aliphatic carbocycles. The number of rotatable bonds is 5. The molecule has 0 bridgehead atoms. The van der Waals surface area contributed by atoms with Gasteiger partial charge in [-0.3, -0.25) is 0 Å². The van der Waals surface area contributed by atoms with E-state index in [9.17, 15) is 5.11 Å². The SMILES string of the molecule is Cc1ccc(C(O)CNCc2ccn(C)c2)cc1. The van der Waals surface area contributed by atoms with Gasteiger partial charge in [-0.2, -0.15) is 0 Å². The molecule has 1 aromatic heterocycles. The summed E-state index contributed by atoms with van der Waals surface area (Å²) >= 11 is 0. The van der Waals surface area contributed by atoms with Gasteiger partial charge >= 0.3 is 0 Å². The van der Waals surface area contributed by atoms with Crippen LogP contribution >= 0.6 is 0 Å². The lowest BCUT2D eigenvalue weighted by molar-refractivity contribution is 0.174. The van der Waals surface area contributed by atoms with Gasteiger partial charge in [0.05, 0.1) is 6.10 Å². The molecule has 0 saturated heterocycles. The summed E-state index contributed by atoms with van der Waals surface area (Å²) in [4.78, 5) is 0. The summed E-state index contributed by atoms with van der Waals surface area (Å²) in [6.45, 7) is 3.39. The van der Waals surface area contributed by atoms with Gasteiger partial charge in [0, 0.05) is 32.5 Å². The van der Waals surface area contributed by atoms with Gasteiger partial charge in [0.2, 0.25) is 0 Å². The fourth-order valence-electron chi connectivity index (χ4n) is 1.93. The molecular formula is C15H20N2O. The molecule has 0 amide bonds. The van der Waals surface area contributed by atoms with Crippen molar-refractivity contribution in [1.29, 1.82) is 0 Å². The lowest BCUT2D eigenvalue weighted by atomic mass is 10.1. The van der Waals surface area contributed by atoms with Crippen LogP contribution in [0, 0.1) is 6.92 Å². The Hall–Kier alpha value is -1.58. The number of aliphatic hydroxyl groups excluding tert-OH is 1. The number of hydrogen-bond acceptors (Lipinski definition) is 2. The highest BCUT2D eigenvalue weighted by molar-refractivity contribution is 5.23. The maximum absolute atomic E-state index is 10.0. The van der Waals surface area contributed by atoms with Crippen LogP contribution in [0.15, 0.2) is 42.7 Å². The van der Waals surface area contributed by atoms with Gasteiger partial charge < -0.3 is 15.0 Å². The highest BCUT2D eigenvalue weighted by Crippen LogP contribution is 2.12. The fourth-order valence-corrected chi connectivity index (χ4v) is 1.93. The fraction of sp³-hybridized carbons (Fsp3) is 0.333. The van der Waals surface area contributed by atoms with E-state index in [0.717, 1.165) is 12.1 Å². The second-order valence-corrected chi connectivity index (χ2v) is 4.74. The summed E-state index contributed by atoms with van der Waals surface area (Å²) < 4.78 is 2.02. The van der Waals surface area contributed by atoms with Crippen molar-refractivity contribution in [2.45, 2.75) is 19.6 Å². The molecule has 0 aliphatic rings. The van der Waals surface area contributed by atoms with Crippen molar-refractivity contribution in [3.63, 3.8) is 0 Å². The predicted octanol–water partition coefficient (Wildman–Crippen LogP) is 2.16. The van der Waals surface area contributed by atoms with Crippen LogP contribution in [-0.2, 0) is 13.6 Å². The van der Waals surface area contributed by atoms with Crippen LogP contribution in [0.25, 0.3) is 0 Å². The molecule has 0 radical (unpaired) electrons. The maximum Gasteiger partial charge on any atom is 0.0914 e. The molecule has 0 saturated carbocycles. The lowest BCUT2D eigenvalue weighted by Crippen LogP contribution is -2.20. The van der Waals surface area contributed by atoms with Crippen molar-refractivity contribution in [3.8, 4) is 0 Å². The van der Waals surface area contributed by atoms with Gasteiger partial charge in [0.1, 0.15) is 0 Å². The van der Waals surface area contributed by atoms with E-state index >= 15 is 0 Å². The van der Waals surface area contributed by atoms with E-state index in [1.165, 1.54) is 11.1 Å². The van der Waals surface area contributed by atoms with Gasteiger partial charge in [-0.05, 0) is 24.1 Å². The van der Waals surface area contributed by atoms with Crippen LogP contribution in [0.1, 0.15) is 22.8 Å². The van der Waals surface area contributed by atoms with Gasteiger partial charge in [-0.15, -0.1) is 0 Å².